The van der Waals surface area contributed by atoms with Crippen LogP contribution in [0.5, 0.6) is 5.75 Å². The maximum Gasteiger partial charge on any atom is 0.352 e. The summed E-state index contributed by atoms with van der Waals surface area (Å²) in [5, 5.41) is 8.86. The Balaban J connectivity index is 1.78. The van der Waals surface area contributed by atoms with Crippen molar-refractivity contribution in [3.05, 3.63) is 47.3 Å². The SMILES string of the molecule is COc1cccc2c1CC(NS(=O)(=O)c1c[nH]c(C(=O)O)c1)C2. The first-order valence-electron chi connectivity index (χ1n) is 6.99. The van der Waals surface area contributed by atoms with Crippen LogP contribution < -0.4 is 9.46 Å². The molecule has 7 nitrogen and oxygen atoms in total. The maximum absolute atomic E-state index is 12.4. The minimum atomic E-state index is -3.78. The summed E-state index contributed by atoms with van der Waals surface area (Å²) in [6, 6.07) is 6.49. The van der Waals surface area contributed by atoms with Gasteiger partial charge in [-0.25, -0.2) is 17.9 Å². The molecule has 0 aliphatic heterocycles. The number of aromatic carboxylic acids is 1. The largest absolute Gasteiger partial charge is 0.496 e. The summed E-state index contributed by atoms with van der Waals surface area (Å²) in [5.41, 5.74) is 1.89. The molecule has 3 rings (SSSR count). The molecule has 0 saturated carbocycles. The van der Waals surface area contributed by atoms with Crippen molar-refractivity contribution in [2.75, 3.05) is 7.11 Å². The van der Waals surface area contributed by atoms with Gasteiger partial charge >= 0.3 is 5.97 Å². The molecule has 23 heavy (non-hydrogen) atoms. The average molecular weight is 336 g/mol. The van der Waals surface area contributed by atoms with E-state index in [1.165, 1.54) is 6.20 Å². The number of aromatic amines is 1. The van der Waals surface area contributed by atoms with Gasteiger partial charge in [-0.1, -0.05) is 12.1 Å². The van der Waals surface area contributed by atoms with E-state index in [0.29, 0.717) is 12.8 Å². The fraction of sp³-hybridized carbons (Fsp3) is 0.267. The molecule has 1 aromatic heterocycles. The smallest absolute Gasteiger partial charge is 0.352 e. The molecule has 1 unspecified atom stereocenters. The van der Waals surface area contributed by atoms with Gasteiger partial charge in [-0.05, 0) is 36.1 Å². The molecule has 1 aliphatic rings. The molecule has 0 amide bonds. The molecule has 0 spiro atoms. The number of aromatic nitrogens is 1. The van der Waals surface area contributed by atoms with Crippen molar-refractivity contribution in [3.8, 4) is 5.75 Å². The molecule has 0 radical (unpaired) electrons. The molecule has 8 heteroatoms. The minimum Gasteiger partial charge on any atom is -0.496 e. The number of methoxy groups -OCH3 is 1. The van der Waals surface area contributed by atoms with Crippen LogP contribution >= 0.6 is 0 Å². The molecular weight excluding hydrogens is 320 g/mol. The van der Waals surface area contributed by atoms with E-state index in [0.717, 1.165) is 22.9 Å². The summed E-state index contributed by atoms with van der Waals surface area (Å²) in [6.07, 6.45) is 2.28. The summed E-state index contributed by atoms with van der Waals surface area (Å²) in [5.74, 6) is -0.455. The Hall–Kier alpha value is -2.32. The fourth-order valence-electron chi connectivity index (χ4n) is 2.83. The number of hydrogen-bond acceptors (Lipinski definition) is 4. The van der Waals surface area contributed by atoms with E-state index in [4.69, 9.17) is 9.84 Å². The minimum absolute atomic E-state index is 0.0854. The number of rotatable bonds is 5. The van der Waals surface area contributed by atoms with Gasteiger partial charge in [0.1, 0.15) is 16.3 Å². The van der Waals surface area contributed by atoms with E-state index in [1.807, 2.05) is 18.2 Å². The van der Waals surface area contributed by atoms with Crippen LogP contribution in [0.1, 0.15) is 21.6 Å². The summed E-state index contributed by atoms with van der Waals surface area (Å²) < 4.78 is 32.7. The van der Waals surface area contributed by atoms with E-state index in [2.05, 4.69) is 9.71 Å². The quantitative estimate of drug-likeness (QED) is 0.759. The topological polar surface area (TPSA) is 108 Å². The number of benzene rings is 1. The number of carboxylic acids is 1. The first-order chi connectivity index (χ1) is 10.9. The number of fused-ring (bicyclic) bond motifs is 1. The Bertz CT molecular complexity index is 857. The van der Waals surface area contributed by atoms with Crippen LogP contribution in [0.3, 0.4) is 0 Å². The first-order valence-corrected chi connectivity index (χ1v) is 8.48. The molecule has 0 saturated heterocycles. The molecule has 1 aliphatic carbocycles. The molecule has 0 fully saturated rings. The van der Waals surface area contributed by atoms with E-state index < -0.39 is 16.0 Å². The van der Waals surface area contributed by atoms with Gasteiger partial charge in [-0.2, -0.15) is 0 Å². The van der Waals surface area contributed by atoms with Crippen LogP contribution in [0.2, 0.25) is 0 Å². The summed E-state index contributed by atoms with van der Waals surface area (Å²) in [6.45, 7) is 0. The van der Waals surface area contributed by atoms with Crippen molar-refractivity contribution >= 4 is 16.0 Å². The number of carboxylic acid groups (broad SMARTS) is 1. The van der Waals surface area contributed by atoms with Crippen LogP contribution in [0, 0.1) is 0 Å². The molecule has 1 atom stereocenters. The van der Waals surface area contributed by atoms with Gasteiger partial charge in [0.25, 0.3) is 0 Å². The Morgan fingerprint density at radius 3 is 2.83 bits per heavy atom. The summed E-state index contributed by atoms with van der Waals surface area (Å²) >= 11 is 0. The molecule has 0 bridgehead atoms. The van der Waals surface area contributed by atoms with E-state index in [1.54, 1.807) is 7.11 Å². The van der Waals surface area contributed by atoms with Crippen molar-refractivity contribution in [2.24, 2.45) is 0 Å². The number of carbonyl (C=O) groups is 1. The Morgan fingerprint density at radius 2 is 2.17 bits per heavy atom. The second kappa shape index (κ2) is 5.71. The number of sulfonamides is 1. The second-order valence-corrected chi connectivity index (χ2v) is 7.09. The van der Waals surface area contributed by atoms with Crippen molar-refractivity contribution in [1.29, 1.82) is 0 Å². The van der Waals surface area contributed by atoms with Crippen LogP contribution in [-0.4, -0.2) is 37.6 Å². The van der Waals surface area contributed by atoms with Gasteiger partial charge in [0.2, 0.25) is 10.0 Å². The van der Waals surface area contributed by atoms with E-state index >= 15 is 0 Å². The zero-order valence-electron chi connectivity index (χ0n) is 12.4. The summed E-state index contributed by atoms with van der Waals surface area (Å²) in [4.78, 5) is 13.2. The van der Waals surface area contributed by atoms with Crippen LogP contribution in [0.15, 0.2) is 35.4 Å². The lowest BCUT2D eigenvalue weighted by molar-refractivity contribution is 0.0691. The molecule has 3 N–H and O–H groups in total. The Morgan fingerprint density at radius 1 is 1.39 bits per heavy atom. The maximum atomic E-state index is 12.4. The van der Waals surface area contributed by atoms with Gasteiger partial charge in [-0.3, -0.25) is 0 Å². The highest BCUT2D eigenvalue weighted by Gasteiger charge is 2.29. The van der Waals surface area contributed by atoms with Crippen LogP contribution in [0.25, 0.3) is 0 Å². The second-order valence-electron chi connectivity index (χ2n) is 5.38. The highest BCUT2D eigenvalue weighted by molar-refractivity contribution is 7.89. The third-order valence-corrected chi connectivity index (χ3v) is 5.39. The van der Waals surface area contributed by atoms with Gasteiger partial charge in [0.05, 0.1) is 7.11 Å². The molecule has 1 aromatic carbocycles. The van der Waals surface area contributed by atoms with E-state index in [9.17, 15) is 13.2 Å². The molecular formula is C15H16N2O5S. The monoisotopic (exact) mass is 336 g/mol. The highest BCUT2D eigenvalue weighted by Crippen LogP contribution is 2.31. The standard InChI is InChI=1S/C15H16N2O5S/c1-22-14-4-2-3-9-5-10(6-12(9)14)17-23(20,21)11-7-13(15(18)19)16-8-11/h2-4,7-8,10,16-17H,5-6H2,1H3,(H,18,19). The van der Waals surface area contributed by atoms with Gasteiger partial charge < -0.3 is 14.8 Å². The fourth-order valence-corrected chi connectivity index (χ4v) is 4.06. The van der Waals surface area contributed by atoms with Crippen molar-refractivity contribution < 1.29 is 23.1 Å². The number of nitrogens with one attached hydrogen (secondary N) is 2. The summed E-state index contributed by atoms with van der Waals surface area (Å²) in [7, 11) is -2.20. The van der Waals surface area contributed by atoms with Crippen LogP contribution in [0.4, 0.5) is 0 Å². The molecule has 1 heterocycles. The number of ether oxygens (including phenoxy) is 1. The van der Waals surface area contributed by atoms with Crippen molar-refractivity contribution in [1.82, 2.24) is 9.71 Å². The molecule has 2 aromatic rings. The first kappa shape index (κ1) is 15.6. The lowest BCUT2D eigenvalue weighted by atomic mass is 10.1. The predicted octanol–water partition coefficient (Wildman–Crippen LogP) is 1.17. The third-order valence-electron chi connectivity index (χ3n) is 3.89. The lowest BCUT2D eigenvalue weighted by Gasteiger charge is -2.11. The molecule has 122 valence electrons. The Kier molecular flexibility index (Phi) is 3.87. The Labute approximate surface area is 133 Å². The van der Waals surface area contributed by atoms with Gasteiger partial charge in [0, 0.05) is 12.2 Å². The van der Waals surface area contributed by atoms with Crippen molar-refractivity contribution in [2.45, 2.75) is 23.8 Å². The zero-order chi connectivity index (χ0) is 16.6. The average Bonchev–Trinajstić information content (AvgIpc) is 3.12. The third kappa shape index (κ3) is 2.95. The normalized spacial score (nSPS) is 17.0. The van der Waals surface area contributed by atoms with Gasteiger partial charge in [0.15, 0.2) is 0 Å². The van der Waals surface area contributed by atoms with Crippen LogP contribution in [-0.2, 0) is 22.9 Å². The van der Waals surface area contributed by atoms with Gasteiger partial charge in [-0.15, -0.1) is 0 Å². The number of hydrogen-bond donors (Lipinski definition) is 3. The predicted molar refractivity (Wildman–Crippen MR) is 82.3 cm³/mol. The lowest BCUT2D eigenvalue weighted by Crippen LogP contribution is -2.35. The zero-order valence-corrected chi connectivity index (χ0v) is 13.2. The van der Waals surface area contributed by atoms with Crippen molar-refractivity contribution in [3.63, 3.8) is 0 Å². The number of H-pyrrole nitrogens is 1. The van der Waals surface area contributed by atoms with E-state index in [-0.39, 0.29) is 16.6 Å². The highest BCUT2D eigenvalue weighted by atomic mass is 32.2.